The molecule has 9 rings (SSSR count). The van der Waals surface area contributed by atoms with Gasteiger partial charge in [-0.2, -0.15) is 0 Å². The van der Waals surface area contributed by atoms with Gasteiger partial charge in [0, 0.05) is 0 Å². The van der Waals surface area contributed by atoms with E-state index in [-0.39, 0.29) is 22.2 Å². The predicted octanol–water partition coefficient (Wildman–Crippen LogP) is 14.6. The minimum Gasteiger partial charge on any atom is -0.0801 e. The highest BCUT2D eigenvalue weighted by molar-refractivity contribution is 6.06. The van der Waals surface area contributed by atoms with Crippen LogP contribution in [0.5, 0.6) is 0 Å². The molecule has 0 radical (unpaired) electrons. The van der Waals surface area contributed by atoms with Crippen LogP contribution in [0.25, 0.3) is 50.9 Å². The summed E-state index contributed by atoms with van der Waals surface area (Å²) in [6, 6.07) is 40.5. The van der Waals surface area contributed by atoms with Gasteiger partial charge in [-0.05, 0) is 125 Å². The van der Waals surface area contributed by atoms with Crippen LogP contribution in [0.4, 0.5) is 0 Å². The van der Waals surface area contributed by atoms with Gasteiger partial charge in [0.05, 0.1) is 5.41 Å². The van der Waals surface area contributed by atoms with E-state index in [0.29, 0.717) is 0 Å². The summed E-state index contributed by atoms with van der Waals surface area (Å²) < 4.78 is 0. The Morgan fingerprint density at radius 3 is 2.04 bits per heavy atom. The molecule has 0 aromatic heterocycles. The largest absolute Gasteiger partial charge is 0.0801 e. The molecule has 0 bridgehead atoms. The van der Waals surface area contributed by atoms with E-state index in [1.165, 1.54) is 82.7 Å². The van der Waals surface area contributed by atoms with Gasteiger partial charge in [0.1, 0.15) is 0 Å². The maximum absolute atomic E-state index is 2.58. The lowest BCUT2D eigenvalue weighted by atomic mass is 9.62. The molecule has 6 aromatic rings. The second kappa shape index (κ2) is 13.2. The summed E-state index contributed by atoms with van der Waals surface area (Å²) in [7, 11) is 0. The predicted molar refractivity (Wildman–Crippen MR) is 232 cm³/mol. The van der Waals surface area contributed by atoms with Crippen LogP contribution in [0, 0.1) is 5.92 Å². The van der Waals surface area contributed by atoms with Crippen molar-refractivity contribution in [3.63, 3.8) is 0 Å². The molecule has 2 atom stereocenters. The summed E-state index contributed by atoms with van der Waals surface area (Å²) in [6.07, 6.45) is 17.5. The van der Waals surface area contributed by atoms with Crippen molar-refractivity contribution >= 4 is 39.8 Å². The molecule has 6 aromatic carbocycles. The fourth-order valence-electron chi connectivity index (χ4n) is 9.35. The number of aryl methyl sites for hydroxylation is 1. The third kappa shape index (κ3) is 5.74. The molecule has 0 nitrogen and oxygen atoms in total. The Morgan fingerprint density at radius 2 is 1.23 bits per heavy atom. The first-order valence-electron chi connectivity index (χ1n) is 19.9. The summed E-state index contributed by atoms with van der Waals surface area (Å²) in [5.74, 6) is 0.249. The first kappa shape index (κ1) is 35.1. The van der Waals surface area contributed by atoms with Gasteiger partial charge in [-0.15, -0.1) is 0 Å². The lowest BCUT2D eigenvalue weighted by Crippen LogP contribution is -2.35. The van der Waals surface area contributed by atoms with Gasteiger partial charge in [-0.1, -0.05) is 189 Å². The maximum Gasteiger partial charge on any atom is 0.0526 e. The van der Waals surface area contributed by atoms with Gasteiger partial charge in [0.2, 0.25) is 0 Å². The number of benzene rings is 6. The summed E-state index contributed by atoms with van der Waals surface area (Å²) in [6.45, 7) is 17.9. The Hall–Kier alpha value is -4.94. The number of hydrogen-bond acceptors (Lipinski definition) is 0. The normalized spacial score (nSPS) is 18.8. The lowest BCUT2D eigenvalue weighted by molar-refractivity contribution is 0.431. The van der Waals surface area contributed by atoms with E-state index in [9.17, 15) is 0 Å². The number of fused-ring (bicyclic) bond motifs is 9. The van der Waals surface area contributed by atoms with Crippen molar-refractivity contribution in [2.24, 2.45) is 5.92 Å². The molecular weight excluding hydrogens is 637 g/mol. The molecule has 2 unspecified atom stereocenters. The average Bonchev–Trinajstić information content (AvgIpc) is 3.33. The average molecular weight is 691 g/mol. The van der Waals surface area contributed by atoms with Crippen LogP contribution in [0.3, 0.4) is 0 Å². The van der Waals surface area contributed by atoms with Gasteiger partial charge in [-0.25, -0.2) is 0 Å². The Labute approximate surface area is 318 Å². The van der Waals surface area contributed by atoms with Crippen LogP contribution in [0.2, 0.25) is 0 Å². The molecule has 0 N–H and O–H groups in total. The number of allylic oxidation sites excluding steroid dienone is 3. The van der Waals surface area contributed by atoms with Gasteiger partial charge < -0.3 is 0 Å². The molecule has 0 saturated carbocycles. The Kier molecular flexibility index (Phi) is 8.73. The molecule has 0 spiro atoms. The molecule has 3 aliphatic carbocycles. The smallest absolute Gasteiger partial charge is 0.0526 e. The highest BCUT2D eigenvalue weighted by Gasteiger charge is 2.50. The van der Waals surface area contributed by atoms with E-state index in [0.717, 1.165) is 19.3 Å². The Bertz CT molecular complexity index is 2470. The third-order valence-corrected chi connectivity index (χ3v) is 12.1. The summed E-state index contributed by atoms with van der Waals surface area (Å²) in [4.78, 5) is 0. The fourth-order valence-corrected chi connectivity index (χ4v) is 9.35. The van der Waals surface area contributed by atoms with E-state index >= 15 is 0 Å². The Balaban J connectivity index is 0.00000197. The van der Waals surface area contributed by atoms with Crippen molar-refractivity contribution in [2.75, 3.05) is 0 Å². The first-order chi connectivity index (χ1) is 25.5. The number of rotatable bonds is 2. The van der Waals surface area contributed by atoms with E-state index < -0.39 is 0 Å². The molecule has 0 heteroatoms. The van der Waals surface area contributed by atoms with Crippen LogP contribution < -0.4 is 0 Å². The lowest BCUT2D eigenvalue weighted by Gasteiger charge is -2.39. The van der Waals surface area contributed by atoms with Crippen LogP contribution >= 0.6 is 0 Å². The summed E-state index contributed by atoms with van der Waals surface area (Å²) >= 11 is 0. The second-order valence-corrected chi connectivity index (χ2v) is 17.2. The standard InChI is InChI=1S/C51H48.C2H6/c1-49(2,3)40-25-17-33-16-23-39(24-18-36(33)30-40)51(42-27-20-37-31-41(50(4,5)6)26-19-38(37)32-42)45-28-21-34-12-8-7-9-14-43(34)47(45)48-44-15-11-10-13-35(44)22-29-46(48)51;1-2/h8-15,17-22,24-32,39H,7,16,23H2,1-6H3;1-2H3. The molecule has 0 heterocycles. The topological polar surface area (TPSA) is 0 Å². The zero-order valence-electron chi connectivity index (χ0n) is 33.0. The highest BCUT2D eigenvalue weighted by Crippen LogP contribution is 2.61. The third-order valence-electron chi connectivity index (χ3n) is 12.1. The zero-order chi connectivity index (χ0) is 37.1. The maximum atomic E-state index is 2.58. The van der Waals surface area contributed by atoms with Gasteiger partial charge in [-0.3, -0.25) is 0 Å². The summed E-state index contributed by atoms with van der Waals surface area (Å²) in [5, 5.41) is 5.27. The SMILES string of the molecule is CC.CC(C)(C)c1ccc2c(c1)C=CC(C1(c3ccc4cc(C(C)(C)C)ccc4c3)c3ccc4c(c3-c3c1ccc1ccccc31)C=CCC=C4)CC2. The van der Waals surface area contributed by atoms with Crippen molar-refractivity contribution in [2.45, 2.75) is 90.9 Å². The molecule has 53 heavy (non-hydrogen) atoms. The molecule has 0 saturated heterocycles. The van der Waals surface area contributed by atoms with Crippen LogP contribution in [0.15, 0.2) is 121 Å². The van der Waals surface area contributed by atoms with Gasteiger partial charge in [0.25, 0.3) is 0 Å². The van der Waals surface area contributed by atoms with Gasteiger partial charge >= 0.3 is 0 Å². The van der Waals surface area contributed by atoms with Crippen molar-refractivity contribution in [3.8, 4) is 11.1 Å². The van der Waals surface area contributed by atoms with Crippen LogP contribution in [-0.2, 0) is 22.7 Å². The monoisotopic (exact) mass is 690 g/mol. The molecule has 266 valence electrons. The fraction of sp³-hybridized carbons (Fsp3) is 0.283. The summed E-state index contributed by atoms with van der Waals surface area (Å²) in [5.41, 5.74) is 15.2. The molecule has 0 amide bonds. The molecule has 0 aliphatic heterocycles. The van der Waals surface area contributed by atoms with Crippen molar-refractivity contribution < 1.29 is 0 Å². The zero-order valence-corrected chi connectivity index (χ0v) is 33.0. The van der Waals surface area contributed by atoms with Crippen molar-refractivity contribution in [1.82, 2.24) is 0 Å². The minimum absolute atomic E-state index is 0.102. The molecule has 0 fully saturated rings. The first-order valence-corrected chi connectivity index (χ1v) is 19.9. The minimum atomic E-state index is -0.365. The van der Waals surface area contributed by atoms with E-state index in [1.807, 2.05) is 13.8 Å². The highest BCUT2D eigenvalue weighted by atomic mass is 14.5. The molecular formula is C53H54. The Morgan fingerprint density at radius 1 is 0.566 bits per heavy atom. The van der Waals surface area contributed by atoms with Crippen LogP contribution in [-0.4, -0.2) is 0 Å². The molecule has 3 aliphatic rings. The van der Waals surface area contributed by atoms with E-state index in [4.69, 9.17) is 0 Å². The van der Waals surface area contributed by atoms with Gasteiger partial charge in [0.15, 0.2) is 0 Å². The quantitative estimate of drug-likeness (QED) is 0.170. The van der Waals surface area contributed by atoms with Crippen molar-refractivity contribution in [3.05, 3.63) is 171 Å². The van der Waals surface area contributed by atoms with Crippen molar-refractivity contribution in [1.29, 1.82) is 0 Å². The van der Waals surface area contributed by atoms with E-state index in [2.05, 4.69) is 181 Å². The number of hydrogen-bond donors (Lipinski definition) is 0. The van der Waals surface area contributed by atoms with Crippen LogP contribution in [0.1, 0.15) is 118 Å². The van der Waals surface area contributed by atoms with E-state index in [1.54, 1.807) is 0 Å². The second-order valence-electron chi connectivity index (χ2n) is 17.2.